The van der Waals surface area contributed by atoms with Crippen LogP contribution in [-0.2, 0) is 4.74 Å². The Labute approximate surface area is 206 Å². The minimum atomic E-state index is -0.927. The minimum Gasteiger partial charge on any atom is -0.465 e. The van der Waals surface area contributed by atoms with Crippen molar-refractivity contribution in [1.82, 2.24) is 4.90 Å². The molecule has 8 heteroatoms. The lowest BCUT2D eigenvalue weighted by atomic mass is 9.88. The van der Waals surface area contributed by atoms with Crippen LogP contribution in [0.2, 0.25) is 10.0 Å². The van der Waals surface area contributed by atoms with Gasteiger partial charge in [0.2, 0.25) is 0 Å². The van der Waals surface area contributed by atoms with Gasteiger partial charge in [0, 0.05) is 27.6 Å². The first-order valence-corrected chi connectivity index (χ1v) is 12.6. The van der Waals surface area contributed by atoms with E-state index in [2.05, 4.69) is 36.7 Å². The van der Waals surface area contributed by atoms with E-state index >= 15 is 0 Å². The lowest BCUT2D eigenvalue weighted by Crippen LogP contribution is -2.42. The SMILES string of the molecule is CC(C)(C)C1CN(C(=O)O)C[C@@H](CSc2ccccc2Br)[C@H](c2ccc(Cl)c(Cl)c2)O1. The Balaban J connectivity index is 1.97. The molecule has 3 rings (SSSR count). The Morgan fingerprint density at radius 2 is 1.90 bits per heavy atom. The van der Waals surface area contributed by atoms with Crippen LogP contribution in [0.25, 0.3) is 0 Å². The van der Waals surface area contributed by atoms with Gasteiger partial charge in [-0.1, -0.05) is 62.2 Å². The molecule has 1 aliphatic rings. The molecule has 1 heterocycles. The van der Waals surface area contributed by atoms with E-state index in [1.807, 2.05) is 36.4 Å². The fourth-order valence-corrected chi connectivity index (χ4v) is 5.55. The molecule has 1 amide bonds. The third kappa shape index (κ3) is 6.32. The number of thioether (sulfide) groups is 1. The zero-order valence-electron chi connectivity index (χ0n) is 17.6. The lowest BCUT2D eigenvalue weighted by Gasteiger charge is -2.34. The molecule has 0 aromatic heterocycles. The summed E-state index contributed by atoms with van der Waals surface area (Å²) in [4.78, 5) is 14.6. The van der Waals surface area contributed by atoms with E-state index in [1.165, 1.54) is 4.90 Å². The number of halogens is 3. The van der Waals surface area contributed by atoms with Gasteiger partial charge < -0.3 is 14.7 Å². The van der Waals surface area contributed by atoms with E-state index in [-0.39, 0.29) is 23.5 Å². The van der Waals surface area contributed by atoms with Crippen LogP contribution in [0, 0.1) is 11.3 Å². The maximum atomic E-state index is 12.0. The third-order valence-corrected chi connectivity index (χ3v) is 8.33. The van der Waals surface area contributed by atoms with Crippen molar-refractivity contribution in [3.05, 3.63) is 62.5 Å². The Kier molecular flexibility index (Phi) is 8.25. The summed E-state index contributed by atoms with van der Waals surface area (Å²) >= 11 is 17.7. The number of nitrogens with zero attached hydrogens (tertiary/aromatic N) is 1. The molecule has 0 radical (unpaired) electrons. The van der Waals surface area contributed by atoms with Gasteiger partial charge in [-0.2, -0.15) is 0 Å². The van der Waals surface area contributed by atoms with Gasteiger partial charge in [-0.15, -0.1) is 11.8 Å². The number of ether oxygens (including phenoxy) is 1. The molecule has 31 heavy (non-hydrogen) atoms. The Bertz CT molecular complexity index is 937. The molecule has 2 aromatic rings. The Hall–Kier alpha value is -0.920. The largest absolute Gasteiger partial charge is 0.465 e. The molecule has 0 spiro atoms. The third-order valence-electron chi connectivity index (χ3n) is 5.38. The second-order valence-corrected chi connectivity index (χ2v) is 11.5. The van der Waals surface area contributed by atoms with E-state index in [0.29, 0.717) is 28.9 Å². The maximum absolute atomic E-state index is 12.0. The van der Waals surface area contributed by atoms with Gasteiger partial charge in [0.25, 0.3) is 0 Å². The van der Waals surface area contributed by atoms with Crippen molar-refractivity contribution in [2.45, 2.75) is 37.9 Å². The van der Waals surface area contributed by atoms with Crippen LogP contribution in [0.15, 0.2) is 51.8 Å². The Morgan fingerprint density at radius 1 is 1.19 bits per heavy atom. The predicted molar refractivity (Wildman–Crippen MR) is 131 cm³/mol. The first kappa shape index (κ1) is 24.7. The molecule has 2 aromatic carbocycles. The highest BCUT2D eigenvalue weighted by molar-refractivity contribution is 9.10. The summed E-state index contributed by atoms with van der Waals surface area (Å²) in [5, 5.41) is 10.8. The summed E-state index contributed by atoms with van der Waals surface area (Å²) in [6.07, 6.45) is -1.50. The van der Waals surface area contributed by atoms with E-state index in [9.17, 15) is 9.90 Å². The van der Waals surface area contributed by atoms with Crippen LogP contribution in [0.3, 0.4) is 0 Å². The second-order valence-electron chi connectivity index (χ2n) is 8.77. The summed E-state index contributed by atoms with van der Waals surface area (Å²) in [5.74, 6) is 0.617. The van der Waals surface area contributed by atoms with Gasteiger partial charge in [0.1, 0.15) is 0 Å². The van der Waals surface area contributed by atoms with E-state index in [1.54, 1.807) is 17.8 Å². The number of hydrogen-bond donors (Lipinski definition) is 1. The van der Waals surface area contributed by atoms with Crippen molar-refractivity contribution in [1.29, 1.82) is 0 Å². The molecular weight excluding hydrogens is 521 g/mol. The summed E-state index contributed by atoms with van der Waals surface area (Å²) in [5.41, 5.74) is 0.681. The molecule has 168 valence electrons. The van der Waals surface area contributed by atoms with Crippen LogP contribution in [-0.4, -0.2) is 41.0 Å². The van der Waals surface area contributed by atoms with Crippen molar-refractivity contribution in [2.75, 3.05) is 18.8 Å². The van der Waals surface area contributed by atoms with Gasteiger partial charge in [0.05, 0.1) is 28.8 Å². The highest BCUT2D eigenvalue weighted by Crippen LogP contribution is 2.41. The van der Waals surface area contributed by atoms with Crippen LogP contribution in [0.1, 0.15) is 32.4 Å². The number of benzene rings is 2. The molecule has 0 saturated carbocycles. The molecule has 3 atom stereocenters. The van der Waals surface area contributed by atoms with Gasteiger partial charge in [-0.25, -0.2) is 4.79 Å². The van der Waals surface area contributed by atoms with Crippen molar-refractivity contribution in [2.24, 2.45) is 11.3 Å². The van der Waals surface area contributed by atoms with Crippen molar-refractivity contribution in [3.63, 3.8) is 0 Å². The molecule has 0 bridgehead atoms. The summed E-state index contributed by atoms with van der Waals surface area (Å²) in [6.45, 7) is 6.91. The lowest BCUT2D eigenvalue weighted by molar-refractivity contribution is -0.0741. The van der Waals surface area contributed by atoms with E-state index < -0.39 is 6.09 Å². The van der Waals surface area contributed by atoms with Gasteiger partial charge in [-0.3, -0.25) is 0 Å². The number of carboxylic acid groups (broad SMARTS) is 1. The first-order chi connectivity index (χ1) is 14.6. The fourth-order valence-electron chi connectivity index (χ4n) is 3.56. The van der Waals surface area contributed by atoms with E-state index in [0.717, 1.165) is 14.9 Å². The van der Waals surface area contributed by atoms with Crippen LogP contribution in [0.5, 0.6) is 0 Å². The zero-order valence-corrected chi connectivity index (χ0v) is 21.6. The Morgan fingerprint density at radius 3 is 2.52 bits per heavy atom. The average molecular weight is 547 g/mol. The molecule has 1 unspecified atom stereocenters. The number of hydrogen-bond acceptors (Lipinski definition) is 3. The van der Waals surface area contributed by atoms with Crippen molar-refractivity contribution in [3.8, 4) is 0 Å². The maximum Gasteiger partial charge on any atom is 0.407 e. The van der Waals surface area contributed by atoms with Gasteiger partial charge in [0.15, 0.2) is 0 Å². The smallest absolute Gasteiger partial charge is 0.407 e. The zero-order chi connectivity index (χ0) is 22.8. The molecular formula is C23H26BrCl2NO3S. The van der Waals surface area contributed by atoms with Crippen molar-refractivity contribution >= 4 is 57.0 Å². The topological polar surface area (TPSA) is 49.8 Å². The molecule has 1 N–H and O–H groups in total. The molecule has 1 fully saturated rings. The van der Waals surface area contributed by atoms with Crippen molar-refractivity contribution < 1.29 is 14.6 Å². The average Bonchev–Trinajstić information content (AvgIpc) is 2.90. The minimum absolute atomic E-state index is 0.0715. The van der Waals surface area contributed by atoms with Crippen LogP contribution in [0.4, 0.5) is 4.79 Å². The predicted octanol–water partition coefficient (Wildman–Crippen LogP) is 7.63. The monoisotopic (exact) mass is 545 g/mol. The van der Waals surface area contributed by atoms with Gasteiger partial charge in [-0.05, 0) is 51.2 Å². The molecule has 1 saturated heterocycles. The standard InChI is InChI=1S/C23H26BrCl2NO3S/c1-23(2,3)20-12-27(22(28)29)11-15(13-31-19-7-5-4-6-16(19)24)21(30-20)14-8-9-17(25)18(26)10-14/h4-10,15,20-21H,11-13H2,1-3H3,(H,28,29)/t15-,20?,21-/m0/s1. The number of rotatable bonds is 4. The normalized spacial score (nSPS) is 22.3. The summed E-state index contributed by atoms with van der Waals surface area (Å²) < 4.78 is 7.65. The van der Waals surface area contributed by atoms with Gasteiger partial charge >= 0.3 is 6.09 Å². The number of amides is 1. The quantitative estimate of drug-likeness (QED) is 0.400. The molecule has 1 aliphatic heterocycles. The fraction of sp³-hybridized carbons (Fsp3) is 0.435. The second kappa shape index (κ2) is 10.3. The molecule has 0 aliphatic carbocycles. The first-order valence-electron chi connectivity index (χ1n) is 10.0. The number of carbonyl (C=O) groups is 1. The molecule has 4 nitrogen and oxygen atoms in total. The highest BCUT2D eigenvalue weighted by atomic mass is 79.9. The van der Waals surface area contributed by atoms with E-state index in [4.69, 9.17) is 27.9 Å². The summed E-state index contributed by atoms with van der Waals surface area (Å²) in [6, 6.07) is 13.5. The summed E-state index contributed by atoms with van der Waals surface area (Å²) in [7, 11) is 0. The van der Waals surface area contributed by atoms with Crippen LogP contribution < -0.4 is 0 Å². The highest BCUT2D eigenvalue weighted by Gasteiger charge is 2.39. The van der Waals surface area contributed by atoms with Crippen LogP contribution >= 0.6 is 50.9 Å².